The Morgan fingerprint density at radius 2 is 1.88 bits per heavy atom. The summed E-state index contributed by atoms with van der Waals surface area (Å²) in [5, 5.41) is 0. The first-order chi connectivity index (χ1) is 7.50. The van der Waals surface area contributed by atoms with Gasteiger partial charge in [-0.2, -0.15) is 0 Å². The molecule has 0 radical (unpaired) electrons. The lowest BCUT2D eigenvalue weighted by Crippen LogP contribution is -2.23. The van der Waals surface area contributed by atoms with Gasteiger partial charge in [-0.05, 0) is 61.2 Å². The second-order valence-corrected chi connectivity index (χ2v) is 5.14. The van der Waals surface area contributed by atoms with E-state index in [4.69, 9.17) is 5.73 Å². The van der Waals surface area contributed by atoms with Gasteiger partial charge < -0.3 is 15.5 Å². The van der Waals surface area contributed by atoms with Gasteiger partial charge in [-0.25, -0.2) is 0 Å². The van der Waals surface area contributed by atoms with Crippen molar-refractivity contribution in [1.29, 1.82) is 0 Å². The van der Waals surface area contributed by atoms with Crippen molar-refractivity contribution in [3.63, 3.8) is 0 Å². The van der Waals surface area contributed by atoms with Crippen LogP contribution >= 0.6 is 15.9 Å². The summed E-state index contributed by atoms with van der Waals surface area (Å²) < 4.78 is 1.06. The van der Waals surface area contributed by atoms with E-state index in [1.165, 1.54) is 5.69 Å². The maximum atomic E-state index is 5.71. The average Bonchev–Trinajstić information content (AvgIpc) is 2.16. The molecule has 0 aliphatic carbocycles. The number of benzene rings is 1. The van der Waals surface area contributed by atoms with Crippen LogP contribution in [0.2, 0.25) is 0 Å². The third-order valence-corrected chi connectivity index (χ3v) is 3.12. The predicted octanol–water partition coefficient (Wildman–Crippen LogP) is 2.42. The van der Waals surface area contributed by atoms with Gasteiger partial charge in [0.05, 0.1) is 5.69 Å². The van der Waals surface area contributed by atoms with Gasteiger partial charge in [-0.1, -0.05) is 0 Å². The van der Waals surface area contributed by atoms with Crippen LogP contribution in [-0.2, 0) is 0 Å². The molecule has 90 valence electrons. The molecule has 0 heterocycles. The lowest BCUT2D eigenvalue weighted by Gasteiger charge is -2.21. The number of nitrogen functional groups attached to an aromatic ring is 1. The van der Waals surface area contributed by atoms with E-state index in [1.807, 2.05) is 12.1 Å². The summed E-state index contributed by atoms with van der Waals surface area (Å²) in [7, 11) is 6.30. The van der Waals surface area contributed by atoms with Crippen LogP contribution in [0.5, 0.6) is 0 Å². The van der Waals surface area contributed by atoms with Crippen LogP contribution in [0.25, 0.3) is 0 Å². The Morgan fingerprint density at radius 3 is 2.44 bits per heavy atom. The highest BCUT2D eigenvalue weighted by Crippen LogP contribution is 2.27. The van der Waals surface area contributed by atoms with E-state index in [-0.39, 0.29) is 0 Å². The fourth-order valence-electron chi connectivity index (χ4n) is 1.58. The Hall–Kier alpha value is -0.740. The topological polar surface area (TPSA) is 32.5 Å². The van der Waals surface area contributed by atoms with Gasteiger partial charge >= 0.3 is 0 Å². The smallest absolute Gasteiger partial charge is 0.0509 e. The second kappa shape index (κ2) is 6.11. The van der Waals surface area contributed by atoms with Gasteiger partial charge in [-0.3, -0.25) is 0 Å². The predicted molar refractivity (Wildman–Crippen MR) is 75.0 cm³/mol. The van der Waals surface area contributed by atoms with Gasteiger partial charge in [0.15, 0.2) is 0 Å². The van der Waals surface area contributed by atoms with Gasteiger partial charge in [0.25, 0.3) is 0 Å². The minimum Gasteiger partial charge on any atom is -0.399 e. The molecule has 0 bridgehead atoms. The van der Waals surface area contributed by atoms with E-state index in [9.17, 15) is 0 Å². The largest absolute Gasteiger partial charge is 0.399 e. The van der Waals surface area contributed by atoms with Crippen molar-refractivity contribution in [3.05, 3.63) is 22.7 Å². The zero-order chi connectivity index (χ0) is 12.1. The zero-order valence-corrected chi connectivity index (χ0v) is 11.8. The molecule has 0 aliphatic rings. The fraction of sp³-hybridized carbons (Fsp3) is 0.500. The number of nitrogens with zero attached hydrogens (tertiary/aromatic N) is 2. The van der Waals surface area contributed by atoms with Gasteiger partial charge in [-0.15, -0.1) is 0 Å². The fourth-order valence-corrected chi connectivity index (χ4v) is 2.28. The van der Waals surface area contributed by atoms with Crippen LogP contribution in [0.4, 0.5) is 11.4 Å². The Bertz CT molecular complexity index is 339. The molecule has 0 unspecified atom stereocenters. The first-order valence-electron chi connectivity index (χ1n) is 5.41. The van der Waals surface area contributed by atoms with Crippen molar-refractivity contribution in [1.82, 2.24) is 4.90 Å². The highest BCUT2D eigenvalue weighted by atomic mass is 79.9. The Labute approximate surface area is 106 Å². The Kier molecular flexibility index (Phi) is 5.09. The molecule has 4 heteroatoms. The SMILES string of the molecule is CN(C)CCCN(C)c1ccc(N)cc1Br. The van der Waals surface area contributed by atoms with E-state index in [2.05, 4.69) is 52.9 Å². The molecule has 16 heavy (non-hydrogen) atoms. The number of rotatable bonds is 5. The quantitative estimate of drug-likeness (QED) is 0.844. The third kappa shape index (κ3) is 4.02. The summed E-state index contributed by atoms with van der Waals surface area (Å²) in [5.74, 6) is 0. The van der Waals surface area contributed by atoms with Crippen molar-refractivity contribution >= 4 is 27.3 Å². The molecule has 1 aromatic rings. The van der Waals surface area contributed by atoms with E-state index in [0.717, 1.165) is 29.7 Å². The highest BCUT2D eigenvalue weighted by Gasteiger charge is 2.05. The summed E-state index contributed by atoms with van der Waals surface area (Å²) in [6.45, 7) is 2.15. The second-order valence-electron chi connectivity index (χ2n) is 4.29. The van der Waals surface area contributed by atoms with Crippen LogP contribution in [0.15, 0.2) is 22.7 Å². The van der Waals surface area contributed by atoms with Gasteiger partial charge in [0, 0.05) is 23.8 Å². The Morgan fingerprint density at radius 1 is 1.19 bits per heavy atom. The van der Waals surface area contributed by atoms with Gasteiger partial charge in [0.1, 0.15) is 0 Å². The highest BCUT2D eigenvalue weighted by molar-refractivity contribution is 9.10. The lowest BCUT2D eigenvalue weighted by molar-refractivity contribution is 0.401. The summed E-state index contributed by atoms with van der Waals surface area (Å²) in [6, 6.07) is 5.93. The summed E-state index contributed by atoms with van der Waals surface area (Å²) >= 11 is 3.54. The van der Waals surface area contributed by atoms with Crippen LogP contribution in [0.3, 0.4) is 0 Å². The summed E-state index contributed by atoms with van der Waals surface area (Å²) in [5.41, 5.74) is 7.69. The maximum Gasteiger partial charge on any atom is 0.0509 e. The van der Waals surface area contributed by atoms with E-state index >= 15 is 0 Å². The van der Waals surface area contributed by atoms with E-state index in [0.29, 0.717) is 0 Å². The molecule has 0 saturated heterocycles. The molecular weight excluding hydrogens is 266 g/mol. The summed E-state index contributed by atoms with van der Waals surface area (Å²) in [4.78, 5) is 4.44. The average molecular weight is 286 g/mol. The Balaban J connectivity index is 2.55. The van der Waals surface area contributed by atoms with Crippen LogP contribution in [0.1, 0.15) is 6.42 Å². The standard InChI is InChI=1S/C12H20BrN3/c1-15(2)7-4-8-16(3)12-6-5-10(14)9-11(12)13/h5-6,9H,4,7-8,14H2,1-3H3. The monoisotopic (exact) mass is 285 g/mol. The minimum absolute atomic E-state index is 0.789. The summed E-state index contributed by atoms with van der Waals surface area (Å²) in [6.07, 6.45) is 1.15. The van der Waals surface area contributed by atoms with Crippen molar-refractivity contribution < 1.29 is 0 Å². The maximum absolute atomic E-state index is 5.71. The molecule has 1 aromatic carbocycles. The molecule has 0 aromatic heterocycles. The number of hydrogen-bond acceptors (Lipinski definition) is 3. The molecule has 0 saturated carbocycles. The molecule has 1 rings (SSSR count). The van der Waals surface area contributed by atoms with Crippen molar-refractivity contribution in [2.45, 2.75) is 6.42 Å². The molecule has 0 atom stereocenters. The molecule has 2 N–H and O–H groups in total. The minimum atomic E-state index is 0.789. The van der Waals surface area contributed by atoms with Crippen molar-refractivity contribution in [2.75, 3.05) is 44.9 Å². The number of hydrogen-bond donors (Lipinski definition) is 1. The molecule has 3 nitrogen and oxygen atoms in total. The molecule has 0 amide bonds. The van der Waals surface area contributed by atoms with Crippen molar-refractivity contribution in [3.8, 4) is 0 Å². The lowest BCUT2D eigenvalue weighted by atomic mass is 10.2. The first kappa shape index (κ1) is 13.3. The van der Waals surface area contributed by atoms with Crippen LogP contribution in [-0.4, -0.2) is 39.1 Å². The van der Waals surface area contributed by atoms with E-state index in [1.54, 1.807) is 0 Å². The normalized spacial score (nSPS) is 10.8. The van der Waals surface area contributed by atoms with E-state index < -0.39 is 0 Å². The van der Waals surface area contributed by atoms with Crippen molar-refractivity contribution in [2.24, 2.45) is 0 Å². The molecule has 0 spiro atoms. The molecular formula is C12H20BrN3. The first-order valence-corrected chi connectivity index (χ1v) is 6.21. The number of anilines is 2. The molecule has 0 aliphatic heterocycles. The van der Waals surface area contributed by atoms with Crippen LogP contribution in [0, 0.1) is 0 Å². The number of halogens is 1. The van der Waals surface area contributed by atoms with Gasteiger partial charge in [0.2, 0.25) is 0 Å². The third-order valence-electron chi connectivity index (χ3n) is 2.48. The zero-order valence-electron chi connectivity index (χ0n) is 10.2. The number of nitrogens with two attached hydrogens (primary N) is 1. The molecule has 0 fully saturated rings. The van der Waals surface area contributed by atoms with Crippen LogP contribution < -0.4 is 10.6 Å².